The minimum Gasteiger partial charge on any atom is -0.478 e. The van der Waals surface area contributed by atoms with Gasteiger partial charge in [-0.25, -0.2) is 4.79 Å². The normalized spacial score (nSPS) is 14.0. The van der Waals surface area contributed by atoms with E-state index in [1.54, 1.807) is 0 Å². The van der Waals surface area contributed by atoms with Crippen molar-refractivity contribution < 1.29 is 23.1 Å². The Morgan fingerprint density at radius 1 is 1.50 bits per heavy atom. The van der Waals surface area contributed by atoms with Gasteiger partial charge in [0.15, 0.2) is 0 Å². The topological polar surface area (TPSA) is 49.7 Å². The number of aliphatic imine (C=N–C) groups is 1. The van der Waals surface area contributed by atoms with Crippen LogP contribution in [0.4, 0.5) is 13.2 Å². The maximum absolute atomic E-state index is 11.7. The second-order valence-corrected chi connectivity index (χ2v) is 2.40. The molecule has 0 radical (unpaired) electrons. The van der Waals surface area contributed by atoms with Crippen molar-refractivity contribution in [1.29, 1.82) is 0 Å². The molecule has 0 unspecified atom stereocenters. The van der Waals surface area contributed by atoms with Gasteiger partial charge in [0.05, 0.1) is 5.57 Å². The molecular formula is C7H5ClF3NO2. The number of allylic oxidation sites excluding steroid dienone is 1. The zero-order valence-electron chi connectivity index (χ0n) is 6.68. The standard InChI is InChI=1S/C7H5ClF3NO2/c1-12-5(8)4(6(13)14)2-3-7(9,10)11/h2-3H,1H2,(H,13,14)/b3-2+,5-4+. The van der Waals surface area contributed by atoms with Crippen molar-refractivity contribution in [3.8, 4) is 0 Å². The van der Waals surface area contributed by atoms with Crippen LogP contribution < -0.4 is 0 Å². The zero-order chi connectivity index (χ0) is 11.4. The zero-order valence-corrected chi connectivity index (χ0v) is 7.43. The van der Waals surface area contributed by atoms with Crippen molar-refractivity contribution in [1.82, 2.24) is 0 Å². The highest BCUT2D eigenvalue weighted by atomic mass is 35.5. The van der Waals surface area contributed by atoms with Gasteiger partial charge in [-0.15, -0.1) is 0 Å². The van der Waals surface area contributed by atoms with Gasteiger partial charge in [-0.3, -0.25) is 4.99 Å². The number of carboxylic acid groups (broad SMARTS) is 1. The van der Waals surface area contributed by atoms with E-state index in [0.29, 0.717) is 6.08 Å². The Kier molecular flexibility index (Phi) is 4.36. The maximum Gasteiger partial charge on any atom is 0.409 e. The summed E-state index contributed by atoms with van der Waals surface area (Å²) >= 11 is 5.21. The largest absolute Gasteiger partial charge is 0.478 e. The fourth-order valence-electron chi connectivity index (χ4n) is 0.491. The lowest BCUT2D eigenvalue weighted by Gasteiger charge is -1.99. The van der Waals surface area contributed by atoms with Gasteiger partial charge < -0.3 is 5.11 Å². The number of nitrogens with zero attached hydrogens (tertiary/aromatic N) is 1. The van der Waals surface area contributed by atoms with E-state index < -0.39 is 22.9 Å². The first kappa shape index (κ1) is 12.7. The van der Waals surface area contributed by atoms with Crippen molar-refractivity contribution in [2.24, 2.45) is 4.99 Å². The van der Waals surface area contributed by atoms with Gasteiger partial charge in [0, 0.05) is 6.08 Å². The molecule has 0 amide bonds. The lowest BCUT2D eigenvalue weighted by molar-refractivity contribution is -0.132. The van der Waals surface area contributed by atoms with Crippen molar-refractivity contribution in [2.75, 3.05) is 0 Å². The molecule has 1 N–H and O–H groups in total. The van der Waals surface area contributed by atoms with Crippen molar-refractivity contribution >= 4 is 24.3 Å². The number of halogens is 4. The van der Waals surface area contributed by atoms with Gasteiger partial charge in [0.1, 0.15) is 5.16 Å². The predicted octanol–water partition coefficient (Wildman–Crippen LogP) is 2.34. The second kappa shape index (κ2) is 4.80. The molecule has 0 fully saturated rings. The predicted molar refractivity (Wildman–Crippen MR) is 45.3 cm³/mol. The van der Waals surface area contributed by atoms with Crippen LogP contribution >= 0.6 is 11.6 Å². The number of carboxylic acids is 1. The first-order valence-electron chi connectivity index (χ1n) is 3.13. The summed E-state index contributed by atoms with van der Waals surface area (Å²) in [7, 11) is 0. The SMILES string of the molecule is C=N/C(Cl)=C(\C=C\C(F)(F)F)C(=O)O. The van der Waals surface area contributed by atoms with E-state index in [-0.39, 0.29) is 6.08 Å². The average Bonchev–Trinajstić information content (AvgIpc) is 2.01. The summed E-state index contributed by atoms with van der Waals surface area (Å²) in [4.78, 5) is 13.4. The highest BCUT2D eigenvalue weighted by molar-refractivity contribution is 6.32. The highest BCUT2D eigenvalue weighted by Gasteiger charge is 2.23. The molecular weight excluding hydrogens is 223 g/mol. The van der Waals surface area contributed by atoms with Gasteiger partial charge in [-0.05, 0) is 12.8 Å². The Labute approximate surface area is 82.2 Å². The molecule has 78 valence electrons. The Morgan fingerprint density at radius 2 is 2.00 bits per heavy atom. The molecule has 0 aliphatic heterocycles. The summed E-state index contributed by atoms with van der Waals surface area (Å²) in [6, 6.07) is 0. The van der Waals surface area contributed by atoms with Crippen LogP contribution in [0, 0.1) is 0 Å². The van der Waals surface area contributed by atoms with Crippen LogP contribution in [-0.4, -0.2) is 24.0 Å². The third-order valence-corrected chi connectivity index (χ3v) is 1.35. The monoisotopic (exact) mass is 227 g/mol. The molecule has 0 spiro atoms. The Morgan fingerprint density at radius 3 is 2.29 bits per heavy atom. The average molecular weight is 228 g/mol. The number of rotatable bonds is 3. The summed E-state index contributed by atoms with van der Waals surface area (Å²) in [6.45, 7) is 2.89. The number of hydrogen-bond acceptors (Lipinski definition) is 2. The van der Waals surface area contributed by atoms with E-state index in [1.807, 2.05) is 0 Å². The van der Waals surface area contributed by atoms with Crippen LogP contribution in [0.25, 0.3) is 0 Å². The van der Waals surface area contributed by atoms with Crippen LogP contribution in [0.5, 0.6) is 0 Å². The quantitative estimate of drug-likeness (QED) is 0.348. The van der Waals surface area contributed by atoms with E-state index in [1.165, 1.54) is 0 Å². The van der Waals surface area contributed by atoms with Crippen LogP contribution in [0.1, 0.15) is 0 Å². The van der Waals surface area contributed by atoms with Crippen LogP contribution in [0.3, 0.4) is 0 Å². The Bertz CT molecular complexity index is 307. The minimum absolute atomic E-state index is 0.246. The molecule has 0 aromatic carbocycles. The number of aliphatic carboxylic acids is 1. The molecule has 0 atom stereocenters. The van der Waals surface area contributed by atoms with E-state index in [2.05, 4.69) is 11.7 Å². The third-order valence-electron chi connectivity index (χ3n) is 1.03. The first-order valence-corrected chi connectivity index (χ1v) is 3.51. The molecule has 0 aromatic heterocycles. The molecule has 0 saturated carbocycles. The number of carbonyl (C=O) groups is 1. The molecule has 0 saturated heterocycles. The molecule has 0 heterocycles. The maximum atomic E-state index is 11.7. The molecule has 3 nitrogen and oxygen atoms in total. The summed E-state index contributed by atoms with van der Waals surface area (Å²) in [5.74, 6) is -1.61. The summed E-state index contributed by atoms with van der Waals surface area (Å²) < 4.78 is 35.0. The van der Waals surface area contributed by atoms with Gasteiger partial charge >= 0.3 is 12.1 Å². The van der Waals surface area contributed by atoms with Crippen LogP contribution in [-0.2, 0) is 4.79 Å². The fraction of sp³-hybridized carbons (Fsp3) is 0.143. The van der Waals surface area contributed by atoms with E-state index >= 15 is 0 Å². The van der Waals surface area contributed by atoms with Gasteiger partial charge in [0.2, 0.25) is 0 Å². The molecule has 0 aliphatic carbocycles. The van der Waals surface area contributed by atoms with Crippen molar-refractivity contribution in [3.05, 3.63) is 22.9 Å². The van der Waals surface area contributed by atoms with Crippen LogP contribution in [0.15, 0.2) is 27.9 Å². The Hall–Kier alpha value is -1.30. The third kappa shape index (κ3) is 4.66. The molecule has 14 heavy (non-hydrogen) atoms. The molecule has 0 rings (SSSR count). The highest BCUT2D eigenvalue weighted by Crippen LogP contribution is 2.19. The summed E-state index contributed by atoms with van der Waals surface area (Å²) in [5, 5.41) is 7.82. The van der Waals surface area contributed by atoms with Crippen molar-refractivity contribution in [2.45, 2.75) is 6.18 Å². The smallest absolute Gasteiger partial charge is 0.409 e. The van der Waals surface area contributed by atoms with E-state index in [0.717, 1.165) is 0 Å². The summed E-state index contributed by atoms with van der Waals surface area (Å²) in [5.41, 5.74) is -0.765. The van der Waals surface area contributed by atoms with E-state index in [9.17, 15) is 18.0 Å². The van der Waals surface area contributed by atoms with Crippen molar-refractivity contribution in [3.63, 3.8) is 0 Å². The van der Waals surface area contributed by atoms with Gasteiger partial charge in [-0.1, -0.05) is 11.6 Å². The van der Waals surface area contributed by atoms with E-state index in [4.69, 9.17) is 16.7 Å². The summed E-state index contributed by atoms with van der Waals surface area (Å²) in [6.07, 6.45) is -4.53. The lowest BCUT2D eigenvalue weighted by atomic mass is 10.2. The Balaban J connectivity index is 5.01. The van der Waals surface area contributed by atoms with Crippen LogP contribution in [0.2, 0.25) is 0 Å². The molecule has 0 aromatic rings. The molecule has 7 heteroatoms. The lowest BCUT2D eigenvalue weighted by Crippen LogP contribution is -2.04. The fourth-order valence-corrected chi connectivity index (χ4v) is 0.635. The number of alkyl halides is 3. The minimum atomic E-state index is -4.60. The second-order valence-electron chi connectivity index (χ2n) is 2.04. The first-order chi connectivity index (χ1) is 6.28. The van der Waals surface area contributed by atoms with Gasteiger partial charge in [-0.2, -0.15) is 13.2 Å². The molecule has 0 bridgehead atoms. The molecule has 0 aliphatic rings. The number of hydrogen-bond donors (Lipinski definition) is 1. The van der Waals surface area contributed by atoms with Gasteiger partial charge in [0.25, 0.3) is 0 Å².